The van der Waals surface area contributed by atoms with Gasteiger partial charge < -0.3 is 20.4 Å². The number of hydrogen-bond donors (Lipinski definition) is 2. The van der Waals surface area contributed by atoms with Crippen molar-refractivity contribution in [2.24, 2.45) is 4.99 Å². The standard InChI is InChI=1S/C20H35N5OS/c1-17-8-4-5-13-25(17)14-7-11-21-20(23-16-19(26)24(2)3)22-12-10-18-9-6-15-27-18/h6,9,15,17H,4-5,7-8,10-14,16H2,1-3H3,(H2,21,22,23). The van der Waals surface area contributed by atoms with Crippen molar-refractivity contribution in [3.8, 4) is 0 Å². The van der Waals surface area contributed by atoms with E-state index in [1.54, 1.807) is 30.3 Å². The van der Waals surface area contributed by atoms with Crippen molar-refractivity contribution in [3.05, 3.63) is 22.4 Å². The third-order valence-corrected chi connectivity index (χ3v) is 5.91. The SMILES string of the molecule is CC1CCCCN1CCCNC(=NCC(=O)N(C)C)NCCc1cccs1. The molecule has 2 N–H and O–H groups in total. The largest absolute Gasteiger partial charge is 0.356 e. The van der Waals surface area contributed by atoms with E-state index in [0.29, 0.717) is 6.04 Å². The number of rotatable bonds is 9. The number of likely N-dealkylation sites (N-methyl/N-ethyl adjacent to an activating group) is 1. The van der Waals surface area contributed by atoms with E-state index >= 15 is 0 Å². The van der Waals surface area contributed by atoms with Gasteiger partial charge in [0.05, 0.1) is 0 Å². The van der Waals surface area contributed by atoms with E-state index in [2.05, 4.69) is 45.0 Å². The summed E-state index contributed by atoms with van der Waals surface area (Å²) in [5.41, 5.74) is 0. The molecule has 0 aliphatic carbocycles. The van der Waals surface area contributed by atoms with E-state index in [1.807, 2.05) is 0 Å². The van der Waals surface area contributed by atoms with E-state index in [-0.39, 0.29) is 12.5 Å². The molecule has 27 heavy (non-hydrogen) atoms. The van der Waals surface area contributed by atoms with Crippen LogP contribution in [0.3, 0.4) is 0 Å². The summed E-state index contributed by atoms with van der Waals surface area (Å²) in [4.78, 5) is 21.8. The summed E-state index contributed by atoms with van der Waals surface area (Å²) in [5.74, 6) is 0.741. The first-order valence-corrected chi connectivity index (χ1v) is 10.9. The third kappa shape index (κ3) is 8.30. The summed E-state index contributed by atoms with van der Waals surface area (Å²) >= 11 is 1.77. The molecule has 1 atom stereocenters. The van der Waals surface area contributed by atoms with Gasteiger partial charge in [0.15, 0.2) is 5.96 Å². The molecule has 0 spiro atoms. The molecular formula is C20H35N5OS. The Hall–Kier alpha value is -1.60. The van der Waals surface area contributed by atoms with Gasteiger partial charge in [-0.05, 0) is 50.6 Å². The summed E-state index contributed by atoms with van der Waals surface area (Å²) < 4.78 is 0. The van der Waals surface area contributed by atoms with Gasteiger partial charge in [-0.15, -0.1) is 11.3 Å². The predicted molar refractivity (Wildman–Crippen MR) is 115 cm³/mol. The summed E-state index contributed by atoms with van der Waals surface area (Å²) in [5, 5.41) is 8.85. The van der Waals surface area contributed by atoms with Crippen LogP contribution in [0, 0.1) is 0 Å². The zero-order valence-corrected chi connectivity index (χ0v) is 17.9. The van der Waals surface area contributed by atoms with Crippen LogP contribution in [0.2, 0.25) is 0 Å². The molecule has 0 aromatic carbocycles. The number of nitrogens with one attached hydrogen (secondary N) is 2. The molecule has 1 aromatic rings. The highest BCUT2D eigenvalue weighted by atomic mass is 32.1. The average Bonchev–Trinajstić information content (AvgIpc) is 3.17. The van der Waals surface area contributed by atoms with E-state index in [9.17, 15) is 4.79 Å². The van der Waals surface area contributed by atoms with Crippen molar-refractivity contribution in [2.45, 2.75) is 45.1 Å². The number of piperidine rings is 1. The van der Waals surface area contributed by atoms with Crippen molar-refractivity contribution in [1.29, 1.82) is 0 Å². The van der Waals surface area contributed by atoms with Crippen LogP contribution in [-0.2, 0) is 11.2 Å². The lowest BCUT2D eigenvalue weighted by atomic mass is 10.0. The molecular weight excluding hydrogens is 358 g/mol. The van der Waals surface area contributed by atoms with Crippen LogP contribution in [0.1, 0.15) is 37.5 Å². The Labute approximate surface area is 168 Å². The van der Waals surface area contributed by atoms with Crippen LogP contribution >= 0.6 is 11.3 Å². The second-order valence-corrected chi connectivity index (χ2v) is 8.40. The number of likely N-dealkylation sites (tertiary alicyclic amines) is 1. The van der Waals surface area contributed by atoms with Crippen LogP contribution in [-0.4, -0.2) is 74.5 Å². The highest BCUT2D eigenvalue weighted by Gasteiger charge is 2.17. The minimum Gasteiger partial charge on any atom is -0.356 e. The number of aliphatic imine (C=N–C) groups is 1. The molecule has 152 valence electrons. The van der Waals surface area contributed by atoms with Crippen LogP contribution < -0.4 is 10.6 Å². The van der Waals surface area contributed by atoms with Crippen LogP contribution in [0.4, 0.5) is 0 Å². The Morgan fingerprint density at radius 1 is 1.33 bits per heavy atom. The second kappa shape index (κ2) is 12.0. The van der Waals surface area contributed by atoms with Gasteiger partial charge in [-0.1, -0.05) is 12.5 Å². The number of carbonyl (C=O) groups is 1. The van der Waals surface area contributed by atoms with E-state index in [0.717, 1.165) is 38.4 Å². The molecule has 1 aromatic heterocycles. The molecule has 1 saturated heterocycles. The fourth-order valence-corrected chi connectivity index (χ4v) is 3.91. The molecule has 1 fully saturated rings. The molecule has 0 bridgehead atoms. The van der Waals surface area contributed by atoms with Gasteiger partial charge in [0.2, 0.25) is 5.91 Å². The topological polar surface area (TPSA) is 60.0 Å². The fourth-order valence-electron chi connectivity index (χ4n) is 3.20. The van der Waals surface area contributed by atoms with Crippen LogP contribution in [0.15, 0.2) is 22.5 Å². The van der Waals surface area contributed by atoms with Gasteiger partial charge in [-0.3, -0.25) is 4.79 Å². The highest BCUT2D eigenvalue weighted by Crippen LogP contribution is 2.16. The van der Waals surface area contributed by atoms with E-state index in [1.165, 1.54) is 30.7 Å². The smallest absolute Gasteiger partial charge is 0.243 e. The number of carbonyl (C=O) groups excluding carboxylic acids is 1. The quantitative estimate of drug-likeness (QED) is 0.384. The fraction of sp³-hybridized carbons (Fsp3) is 0.700. The molecule has 0 radical (unpaired) electrons. The number of hydrogen-bond acceptors (Lipinski definition) is 4. The first kappa shape index (κ1) is 21.7. The van der Waals surface area contributed by atoms with E-state index in [4.69, 9.17) is 0 Å². The zero-order chi connectivity index (χ0) is 19.5. The number of thiophene rings is 1. The summed E-state index contributed by atoms with van der Waals surface area (Å²) in [6, 6.07) is 4.92. The van der Waals surface area contributed by atoms with Gasteiger partial charge in [-0.2, -0.15) is 0 Å². The minimum absolute atomic E-state index is 0.0106. The summed E-state index contributed by atoms with van der Waals surface area (Å²) in [6.45, 7) is 6.52. The van der Waals surface area contributed by atoms with Gasteiger partial charge in [-0.25, -0.2) is 4.99 Å². The Morgan fingerprint density at radius 2 is 2.15 bits per heavy atom. The van der Waals surface area contributed by atoms with Gasteiger partial charge >= 0.3 is 0 Å². The first-order valence-electron chi connectivity index (χ1n) is 10.0. The maximum Gasteiger partial charge on any atom is 0.243 e. The van der Waals surface area contributed by atoms with Gasteiger partial charge in [0.25, 0.3) is 0 Å². The molecule has 7 heteroatoms. The van der Waals surface area contributed by atoms with Crippen molar-refractivity contribution < 1.29 is 4.79 Å². The van der Waals surface area contributed by atoms with E-state index < -0.39 is 0 Å². The van der Waals surface area contributed by atoms with Crippen molar-refractivity contribution in [2.75, 3.05) is 46.8 Å². The first-order chi connectivity index (χ1) is 13.1. The lowest BCUT2D eigenvalue weighted by Crippen LogP contribution is -2.42. The Balaban J connectivity index is 1.75. The Kier molecular flexibility index (Phi) is 9.62. The molecule has 1 aliphatic rings. The van der Waals surface area contributed by atoms with Crippen LogP contribution in [0.25, 0.3) is 0 Å². The summed E-state index contributed by atoms with van der Waals surface area (Å²) in [7, 11) is 3.52. The van der Waals surface area contributed by atoms with Gasteiger partial charge in [0, 0.05) is 44.6 Å². The third-order valence-electron chi connectivity index (χ3n) is 4.97. The lowest BCUT2D eigenvalue weighted by Gasteiger charge is -2.33. The normalized spacial score (nSPS) is 18.3. The summed E-state index contributed by atoms with van der Waals surface area (Å²) in [6.07, 6.45) is 6.04. The monoisotopic (exact) mass is 393 g/mol. The second-order valence-electron chi connectivity index (χ2n) is 7.37. The Morgan fingerprint density at radius 3 is 2.85 bits per heavy atom. The average molecular weight is 394 g/mol. The molecule has 2 rings (SSSR count). The number of amides is 1. The zero-order valence-electron chi connectivity index (χ0n) is 17.0. The molecule has 1 aliphatic heterocycles. The molecule has 1 unspecified atom stereocenters. The van der Waals surface area contributed by atoms with Crippen molar-refractivity contribution in [3.63, 3.8) is 0 Å². The molecule has 6 nitrogen and oxygen atoms in total. The maximum absolute atomic E-state index is 11.8. The molecule has 2 heterocycles. The number of guanidine groups is 1. The highest BCUT2D eigenvalue weighted by molar-refractivity contribution is 7.09. The number of nitrogens with zero attached hydrogens (tertiary/aromatic N) is 3. The predicted octanol–water partition coefficient (Wildman–Crippen LogP) is 2.18. The van der Waals surface area contributed by atoms with Gasteiger partial charge in [0.1, 0.15) is 6.54 Å². The van der Waals surface area contributed by atoms with Crippen molar-refractivity contribution in [1.82, 2.24) is 20.4 Å². The molecule has 1 amide bonds. The lowest BCUT2D eigenvalue weighted by molar-refractivity contribution is -0.127. The molecule has 0 saturated carbocycles. The maximum atomic E-state index is 11.8. The Bertz CT molecular complexity index is 573. The van der Waals surface area contributed by atoms with Crippen LogP contribution in [0.5, 0.6) is 0 Å². The minimum atomic E-state index is 0.0106. The van der Waals surface area contributed by atoms with Crippen molar-refractivity contribution >= 4 is 23.2 Å².